The quantitative estimate of drug-likeness (QED) is 0.909. The number of carbonyl (C=O) groups excluding carboxylic acids is 1. The standard InChI is InChI=1S/C12H11FN2OS/c1-2-8-5-9(3-4-10(8)13)15-12(16)11-6-14-7-17-11/h3-7H,2H2,1H3,(H,15,16). The van der Waals surface area contributed by atoms with Crippen LogP contribution in [0, 0.1) is 5.82 Å². The predicted octanol–water partition coefficient (Wildman–Crippen LogP) is 3.10. The third-order valence-corrected chi connectivity index (χ3v) is 3.11. The molecule has 2 rings (SSSR count). The molecule has 1 aromatic carbocycles. The van der Waals surface area contributed by atoms with Crippen LogP contribution >= 0.6 is 11.3 Å². The number of anilines is 1. The van der Waals surface area contributed by atoms with E-state index in [0.717, 1.165) is 0 Å². The molecule has 0 aliphatic heterocycles. The Labute approximate surface area is 102 Å². The van der Waals surface area contributed by atoms with Gasteiger partial charge in [-0.15, -0.1) is 11.3 Å². The minimum atomic E-state index is -0.247. The zero-order valence-electron chi connectivity index (χ0n) is 9.24. The van der Waals surface area contributed by atoms with E-state index in [0.29, 0.717) is 22.5 Å². The lowest BCUT2D eigenvalue weighted by atomic mass is 10.1. The Balaban J connectivity index is 2.16. The molecular formula is C12H11FN2OS. The van der Waals surface area contributed by atoms with Gasteiger partial charge in [-0.2, -0.15) is 0 Å². The van der Waals surface area contributed by atoms with Crippen molar-refractivity contribution in [3.8, 4) is 0 Å². The summed E-state index contributed by atoms with van der Waals surface area (Å²) >= 11 is 1.27. The fourth-order valence-corrected chi connectivity index (χ4v) is 1.96. The van der Waals surface area contributed by atoms with E-state index in [1.165, 1.54) is 23.6 Å². The van der Waals surface area contributed by atoms with Crippen LogP contribution < -0.4 is 5.32 Å². The molecule has 0 radical (unpaired) electrons. The number of hydrogen-bond donors (Lipinski definition) is 1. The van der Waals surface area contributed by atoms with Crippen molar-refractivity contribution in [2.75, 3.05) is 5.32 Å². The van der Waals surface area contributed by atoms with Crippen molar-refractivity contribution in [2.24, 2.45) is 0 Å². The second-order valence-electron chi connectivity index (χ2n) is 3.48. The molecule has 0 spiro atoms. The Kier molecular flexibility index (Phi) is 3.49. The molecule has 0 aliphatic carbocycles. The smallest absolute Gasteiger partial charge is 0.267 e. The summed E-state index contributed by atoms with van der Waals surface area (Å²) in [5, 5.41) is 2.71. The summed E-state index contributed by atoms with van der Waals surface area (Å²) in [6.07, 6.45) is 2.10. The van der Waals surface area contributed by atoms with Crippen LogP contribution in [0.5, 0.6) is 0 Å². The highest BCUT2D eigenvalue weighted by atomic mass is 32.1. The Morgan fingerprint density at radius 2 is 2.35 bits per heavy atom. The Morgan fingerprint density at radius 3 is 3.00 bits per heavy atom. The largest absolute Gasteiger partial charge is 0.321 e. The van der Waals surface area contributed by atoms with Gasteiger partial charge in [0.05, 0.1) is 11.7 Å². The normalized spacial score (nSPS) is 10.2. The molecule has 2 aromatic rings. The van der Waals surface area contributed by atoms with Crippen molar-refractivity contribution in [2.45, 2.75) is 13.3 Å². The number of aromatic nitrogens is 1. The zero-order chi connectivity index (χ0) is 12.3. The maximum atomic E-state index is 13.3. The molecule has 3 nitrogen and oxygen atoms in total. The molecule has 0 atom stereocenters. The summed E-state index contributed by atoms with van der Waals surface area (Å²) in [5.41, 5.74) is 2.78. The maximum Gasteiger partial charge on any atom is 0.267 e. The predicted molar refractivity (Wildman–Crippen MR) is 65.8 cm³/mol. The van der Waals surface area contributed by atoms with E-state index in [-0.39, 0.29) is 11.7 Å². The average molecular weight is 250 g/mol. The minimum Gasteiger partial charge on any atom is -0.321 e. The lowest BCUT2D eigenvalue weighted by molar-refractivity contribution is 0.103. The van der Waals surface area contributed by atoms with Gasteiger partial charge < -0.3 is 5.32 Å². The van der Waals surface area contributed by atoms with Gasteiger partial charge in [-0.25, -0.2) is 4.39 Å². The second-order valence-corrected chi connectivity index (χ2v) is 4.37. The first-order valence-electron chi connectivity index (χ1n) is 5.19. The molecule has 0 saturated carbocycles. The van der Waals surface area contributed by atoms with Crippen LogP contribution in [0.15, 0.2) is 29.9 Å². The first kappa shape index (κ1) is 11.7. The number of nitrogens with one attached hydrogen (secondary N) is 1. The molecule has 88 valence electrons. The summed E-state index contributed by atoms with van der Waals surface area (Å²) in [6.45, 7) is 1.87. The second kappa shape index (κ2) is 5.05. The molecule has 1 heterocycles. The van der Waals surface area contributed by atoms with Gasteiger partial charge in [-0.05, 0) is 30.2 Å². The van der Waals surface area contributed by atoms with Gasteiger partial charge in [0.15, 0.2) is 0 Å². The van der Waals surface area contributed by atoms with Crippen molar-refractivity contribution in [3.63, 3.8) is 0 Å². The molecule has 1 aromatic heterocycles. The third kappa shape index (κ3) is 2.68. The van der Waals surface area contributed by atoms with E-state index < -0.39 is 0 Å². The van der Waals surface area contributed by atoms with Crippen molar-refractivity contribution < 1.29 is 9.18 Å². The topological polar surface area (TPSA) is 42.0 Å². The first-order chi connectivity index (χ1) is 8.20. The van der Waals surface area contributed by atoms with Crippen molar-refractivity contribution in [1.82, 2.24) is 4.98 Å². The van der Waals surface area contributed by atoms with Gasteiger partial charge in [0.2, 0.25) is 0 Å². The number of thiazole rings is 1. The number of halogens is 1. The summed E-state index contributed by atoms with van der Waals surface area (Å²) < 4.78 is 13.3. The highest BCUT2D eigenvalue weighted by molar-refractivity contribution is 7.11. The van der Waals surface area contributed by atoms with Crippen LogP contribution in [0.25, 0.3) is 0 Å². The Bertz CT molecular complexity index is 525. The fraction of sp³-hybridized carbons (Fsp3) is 0.167. The lowest BCUT2D eigenvalue weighted by Gasteiger charge is -2.06. The van der Waals surface area contributed by atoms with E-state index in [1.807, 2.05) is 6.92 Å². The number of aryl methyl sites for hydroxylation is 1. The molecule has 0 fully saturated rings. The number of amides is 1. The van der Waals surface area contributed by atoms with Crippen LogP contribution in [0.3, 0.4) is 0 Å². The van der Waals surface area contributed by atoms with Gasteiger partial charge in [0.25, 0.3) is 5.91 Å². The van der Waals surface area contributed by atoms with E-state index in [9.17, 15) is 9.18 Å². The zero-order valence-corrected chi connectivity index (χ0v) is 10.1. The number of rotatable bonds is 3. The fourth-order valence-electron chi connectivity index (χ4n) is 1.44. The minimum absolute atomic E-state index is 0.221. The van der Waals surface area contributed by atoms with Crippen LogP contribution in [0.4, 0.5) is 10.1 Å². The molecular weight excluding hydrogens is 239 g/mol. The van der Waals surface area contributed by atoms with Crippen LogP contribution in [0.2, 0.25) is 0 Å². The van der Waals surface area contributed by atoms with Gasteiger partial charge in [-0.3, -0.25) is 9.78 Å². The number of benzene rings is 1. The molecule has 1 N–H and O–H groups in total. The van der Waals surface area contributed by atoms with E-state index in [4.69, 9.17) is 0 Å². The van der Waals surface area contributed by atoms with Gasteiger partial charge >= 0.3 is 0 Å². The molecule has 0 unspecified atom stereocenters. The highest BCUT2D eigenvalue weighted by Gasteiger charge is 2.08. The summed E-state index contributed by atoms with van der Waals surface area (Å²) in [7, 11) is 0. The Morgan fingerprint density at radius 1 is 1.53 bits per heavy atom. The van der Waals surface area contributed by atoms with Crippen LogP contribution in [-0.2, 0) is 6.42 Å². The van der Waals surface area contributed by atoms with Crippen LogP contribution in [-0.4, -0.2) is 10.9 Å². The average Bonchev–Trinajstić information content (AvgIpc) is 2.85. The molecule has 5 heteroatoms. The lowest BCUT2D eigenvalue weighted by Crippen LogP contribution is -2.10. The summed E-state index contributed by atoms with van der Waals surface area (Å²) in [4.78, 5) is 16.1. The van der Waals surface area contributed by atoms with Crippen molar-refractivity contribution in [3.05, 3.63) is 46.2 Å². The highest BCUT2D eigenvalue weighted by Crippen LogP contribution is 2.17. The summed E-state index contributed by atoms with van der Waals surface area (Å²) in [5.74, 6) is -0.468. The molecule has 0 aliphatic rings. The third-order valence-electron chi connectivity index (χ3n) is 2.34. The monoisotopic (exact) mass is 250 g/mol. The molecule has 0 bridgehead atoms. The number of nitrogens with zero attached hydrogens (tertiary/aromatic N) is 1. The van der Waals surface area contributed by atoms with E-state index >= 15 is 0 Å². The maximum absolute atomic E-state index is 13.3. The van der Waals surface area contributed by atoms with E-state index in [2.05, 4.69) is 10.3 Å². The SMILES string of the molecule is CCc1cc(NC(=O)c2cncs2)ccc1F. The molecule has 17 heavy (non-hydrogen) atoms. The van der Waals surface area contributed by atoms with Gasteiger partial charge in [0.1, 0.15) is 10.7 Å². The summed E-state index contributed by atoms with van der Waals surface area (Å²) in [6, 6.07) is 4.56. The van der Waals surface area contributed by atoms with E-state index in [1.54, 1.807) is 17.6 Å². The van der Waals surface area contributed by atoms with Gasteiger partial charge in [-0.1, -0.05) is 6.92 Å². The van der Waals surface area contributed by atoms with Crippen molar-refractivity contribution >= 4 is 22.9 Å². The number of hydrogen-bond acceptors (Lipinski definition) is 3. The van der Waals surface area contributed by atoms with Gasteiger partial charge in [0, 0.05) is 5.69 Å². The Hall–Kier alpha value is -1.75. The van der Waals surface area contributed by atoms with Crippen LogP contribution in [0.1, 0.15) is 22.2 Å². The molecule has 0 saturated heterocycles. The molecule has 1 amide bonds. The first-order valence-corrected chi connectivity index (χ1v) is 6.07. The van der Waals surface area contributed by atoms with Crippen molar-refractivity contribution in [1.29, 1.82) is 0 Å². The number of carbonyl (C=O) groups is 1.